The van der Waals surface area contributed by atoms with Gasteiger partial charge >= 0.3 is 0 Å². The van der Waals surface area contributed by atoms with Crippen molar-refractivity contribution in [1.29, 1.82) is 0 Å². The summed E-state index contributed by atoms with van der Waals surface area (Å²) in [5, 5.41) is 35.2. The number of phenols is 1. The lowest BCUT2D eigenvalue weighted by atomic mass is 9.85. The van der Waals surface area contributed by atoms with E-state index in [4.69, 9.17) is 0 Å². The van der Waals surface area contributed by atoms with E-state index in [1.165, 1.54) is 0 Å². The SMILES string of the molecule is Oc1ccc2cc(Br)ccc2c1C1=c2ccc(Br)cc2=CCC1(O)O. The van der Waals surface area contributed by atoms with E-state index in [2.05, 4.69) is 31.9 Å². The van der Waals surface area contributed by atoms with Gasteiger partial charge in [0.2, 0.25) is 0 Å². The fraction of sp³-hybridized carbons (Fsp3) is 0.100. The quantitative estimate of drug-likeness (QED) is 0.488. The van der Waals surface area contributed by atoms with E-state index in [0.29, 0.717) is 16.4 Å². The molecular weight excluding hydrogens is 448 g/mol. The summed E-state index contributed by atoms with van der Waals surface area (Å²) in [7, 11) is 0. The first-order valence-electron chi connectivity index (χ1n) is 7.74. The van der Waals surface area contributed by atoms with Crippen molar-refractivity contribution in [2.75, 3.05) is 0 Å². The van der Waals surface area contributed by atoms with Crippen LogP contribution in [0, 0.1) is 0 Å². The summed E-state index contributed by atoms with van der Waals surface area (Å²) in [6.45, 7) is 0. The Morgan fingerprint density at radius 3 is 2.40 bits per heavy atom. The number of phenolic OH excluding ortho intramolecular Hbond substituents is 1. The van der Waals surface area contributed by atoms with E-state index in [1.54, 1.807) is 12.1 Å². The fourth-order valence-corrected chi connectivity index (χ4v) is 4.14. The normalized spacial score (nSPS) is 15.8. The molecule has 0 heterocycles. The van der Waals surface area contributed by atoms with Gasteiger partial charge in [-0.2, -0.15) is 0 Å². The molecule has 0 radical (unpaired) electrons. The highest BCUT2D eigenvalue weighted by Crippen LogP contribution is 2.38. The summed E-state index contributed by atoms with van der Waals surface area (Å²) in [6, 6.07) is 14.7. The van der Waals surface area contributed by atoms with E-state index in [-0.39, 0.29) is 12.2 Å². The molecule has 0 atom stereocenters. The Bertz CT molecular complexity index is 1130. The second-order valence-electron chi connectivity index (χ2n) is 6.16. The molecule has 1 aliphatic rings. The summed E-state index contributed by atoms with van der Waals surface area (Å²) in [4.78, 5) is 0. The predicted molar refractivity (Wildman–Crippen MR) is 105 cm³/mol. The van der Waals surface area contributed by atoms with Crippen molar-refractivity contribution in [2.24, 2.45) is 0 Å². The van der Waals surface area contributed by atoms with Gasteiger partial charge in [-0.3, -0.25) is 0 Å². The van der Waals surface area contributed by atoms with Crippen LogP contribution in [-0.4, -0.2) is 21.1 Å². The largest absolute Gasteiger partial charge is 0.507 e. The number of fused-ring (bicyclic) bond motifs is 2. The molecule has 0 spiro atoms. The van der Waals surface area contributed by atoms with Crippen LogP contribution in [0.2, 0.25) is 0 Å². The third kappa shape index (κ3) is 2.81. The lowest BCUT2D eigenvalue weighted by Crippen LogP contribution is -2.43. The smallest absolute Gasteiger partial charge is 0.194 e. The van der Waals surface area contributed by atoms with Gasteiger partial charge in [-0.15, -0.1) is 0 Å². The van der Waals surface area contributed by atoms with Crippen molar-refractivity contribution in [3.8, 4) is 5.75 Å². The van der Waals surface area contributed by atoms with Gasteiger partial charge in [0.15, 0.2) is 5.79 Å². The third-order valence-electron chi connectivity index (χ3n) is 4.50. The monoisotopic (exact) mass is 460 g/mol. The van der Waals surface area contributed by atoms with E-state index in [1.807, 2.05) is 42.5 Å². The second kappa shape index (κ2) is 5.95. The molecule has 3 nitrogen and oxygen atoms in total. The molecule has 5 heteroatoms. The zero-order valence-corrected chi connectivity index (χ0v) is 16.2. The van der Waals surface area contributed by atoms with Crippen LogP contribution in [0.5, 0.6) is 5.75 Å². The van der Waals surface area contributed by atoms with Crippen molar-refractivity contribution in [2.45, 2.75) is 12.2 Å². The predicted octanol–water partition coefficient (Wildman–Crippen LogP) is 3.13. The Morgan fingerprint density at radius 1 is 0.880 bits per heavy atom. The highest BCUT2D eigenvalue weighted by Gasteiger charge is 2.34. The van der Waals surface area contributed by atoms with Crippen molar-refractivity contribution in [3.63, 3.8) is 0 Å². The molecule has 0 amide bonds. The Morgan fingerprint density at radius 2 is 1.60 bits per heavy atom. The average Bonchev–Trinajstić information content (AvgIpc) is 2.56. The maximum atomic E-state index is 10.7. The first kappa shape index (κ1) is 16.8. The minimum Gasteiger partial charge on any atom is -0.507 e. The molecule has 0 fully saturated rings. The summed E-state index contributed by atoms with van der Waals surface area (Å²) in [5.74, 6) is -2.03. The van der Waals surface area contributed by atoms with Crippen LogP contribution < -0.4 is 10.4 Å². The molecule has 3 aromatic carbocycles. The Balaban J connectivity index is 2.21. The van der Waals surface area contributed by atoms with Crippen LogP contribution in [0.1, 0.15) is 12.0 Å². The number of benzene rings is 3. The van der Waals surface area contributed by atoms with Crippen LogP contribution in [0.15, 0.2) is 57.5 Å². The van der Waals surface area contributed by atoms with Crippen LogP contribution >= 0.6 is 31.9 Å². The van der Waals surface area contributed by atoms with Gasteiger partial charge in [-0.05, 0) is 51.5 Å². The van der Waals surface area contributed by atoms with Gasteiger partial charge in [0.25, 0.3) is 0 Å². The van der Waals surface area contributed by atoms with Gasteiger partial charge in [-0.1, -0.05) is 56.1 Å². The second-order valence-corrected chi connectivity index (χ2v) is 7.99. The standard InChI is InChI=1S/C20H14Br2O3/c21-13-2-4-15-11(9-13)1-6-17(23)18(15)19-16-5-3-14(22)10-12(16)7-8-20(19,24)25/h1-7,9-10,23-25H,8H2. The van der Waals surface area contributed by atoms with Crippen molar-refractivity contribution in [3.05, 3.63) is 73.5 Å². The molecule has 4 rings (SSSR count). The number of aliphatic hydroxyl groups is 2. The number of rotatable bonds is 1. The molecule has 0 bridgehead atoms. The van der Waals surface area contributed by atoms with E-state index in [9.17, 15) is 15.3 Å². The molecule has 0 saturated carbocycles. The molecule has 0 aromatic heterocycles. The highest BCUT2D eigenvalue weighted by molar-refractivity contribution is 9.10. The fourth-order valence-electron chi connectivity index (χ4n) is 3.39. The maximum absolute atomic E-state index is 10.7. The van der Waals surface area contributed by atoms with Gasteiger partial charge in [-0.25, -0.2) is 0 Å². The van der Waals surface area contributed by atoms with Crippen LogP contribution in [0.4, 0.5) is 0 Å². The molecule has 126 valence electrons. The molecule has 25 heavy (non-hydrogen) atoms. The van der Waals surface area contributed by atoms with Crippen molar-refractivity contribution >= 4 is 54.3 Å². The molecule has 1 aliphatic carbocycles. The molecule has 0 aliphatic heterocycles. The highest BCUT2D eigenvalue weighted by atomic mass is 79.9. The number of hydrogen-bond acceptors (Lipinski definition) is 3. The zero-order valence-electron chi connectivity index (χ0n) is 13.0. The number of aromatic hydroxyl groups is 1. The third-order valence-corrected chi connectivity index (χ3v) is 5.49. The summed E-state index contributed by atoms with van der Waals surface area (Å²) in [5.41, 5.74) is 0.773. The number of hydrogen-bond donors (Lipinski definition) is 3. The van der Waals surface area contributed by atoms with Gasteiger partial charge < -0.3 is 15.3 Å². The van der Waals surface area contributed by atoms with E-state index < -0.39 is 5.79 Å². The van der Waals surface area contributed by atoms with Crippen molar-refractivity contribution < 1.29 is 15.3 Å². The van der Waals surface area contributed by atoms with E-state index >= 15 is 0 Å². The van der Waals surface area contributed by atoms with E-state index in [0.717, 1.165) is 24.9 Å². The minimum absolute atomic E-state index is 0.0214. The maximum Gasteiger partial charge on any atom is 0.194 e. The molecule has 3 N–H and O–H groups in total. The molecule has 0 unspecified atom stereocenters. The average molecular weight is 462 g/mol. The Hall–Kier alpha value is -1.66. The molecule has 3 aromatic rings. The molecular formula is C20H14Br2O3. The topological polar surface area (TPSA) is 60.7 Å². The summed E-state index contributed by atoms with van der Waals surface area (Å²) >= 11 is 6.90. The Kier molecular flexibility index (Phi) is 4.00. The van der Waals surface area contributed by atoms with Crippen LogP contribution in [0.3, 0.4) is 0 Å². The lowest BCUT2D eigenvalue weighted by molar-refractivity contribution is -0.103. The molecule has 0 saturated heterocycles. The first-order valence-corrected chi connectivity index (χ1v) is 9.32. The van der Waals surface area contributed by atoms with Crippen molar-refractivity contribution in [1.82, 2.24) is 0 Å². The van der Waals surface area contributed by atoms with Crippen LogP contribution in [-0.2, 0) is 0 Å². The number of halogens is 2. The first-order chi connectivity index (χ1) is 11.9. The zero-order chi connectivity index (χ0) is 17.8. The van der Waals surface area contributed by atoms with Gasteiger partial charge in [0.05, 0.1) is 0 Å². The lowest BCUT2D eigenvalue weighted by Gasteiger charge is -2.28. The summed E-state index contributed by atoms with van der Waals surface area (Å²) in [6.07, 6.45) is 1.85. The van der Waals surface area contributed by atoms with Gasteiger partial charge in [0, 0.05) is 26.5 Å². The minimum atomic E-state index is -2.06. The van der Waals surface area contributed by atoms with Gasteiger partial charge in [0.1, 0.15) is 5.75 Å². The summed E-state index contributed by atoms with van der Waals surface area (Å²) < 4.78 is 1.83. The van der Waals surface area contributed by atoms with Crippen LogP contribution in [0.25, 0.3) is 22.4 Å². The Labute approximate surface area is 160 Å².